The second kappa shape index (κ2) is 10.1. The molecule has 0 aliphatic carbocycles. The Morgan fingerprint density at radius 3 is 2.62 bits per heavy atom. The van der Waals surface area contributed by atoms with E-state index in [4.69, 9.17) is 33.3 Å². The largest absolute Gasteiger partial charge is 0.481 e. The number of rotatable bonds is 8. The molecule has 1 aromatic carbocycles. The van der Waals surface area contributed by atoms with Gasteiger partial charge in [0.05, 0.1) is 15.5 Å². The lowest BCUT2D eigenvalue weighted by Gasteiger charge is -2.13. The summed E-state index contributed by atoms with van der Waals surface area (Å²) >= 11 is 12.2. The zero-order valence-corrected chi connectivity index (χ0v) is 18.8. The molecule has 0 atom stereocenters. The van der Waals surface area contributed by atoms with Crippen LogP contribution < -0.4 is 0 Å². The molecule has 32 heavy (non-hydrogen) atoms. The number of carbonyl (C=O) groups excluding carboxylic acids is 1. The Labute approximate surface area is 196 Å². The molecule has 1 aliphatic heterocycles. The minimum Gasteiger partial charge on any atom is -0.481 e. The minimum atomic E-state index is -4.55. The van der Waals surface area contributed by atoms with E-state index in [0.717, 1.165) is 17.8 Å². The fourth-order valence-electron chi connectivity index (χ4n) is 3.03. The van der Waals surface area contributed by atoms with Gasteiger partial charge in [0.1, 0.15) is 15.8 Å². The minimum absolute atomic E-state index is 0.0866. The Morgan fingerprint density at radius 1 is 1.22 bits per heavy atom. The highest BCUT2D eigenvalue weighted by atomic mass is 35.5. The molecule has 170 valence electrons. The first-order chi connectivity index (χ1) is 15.1. The molecule has 1 aromatic heterocycles. The summed E-state index contributed by atoms with van der Waals surface area (Å²) in [5, 5.41) is 8.23. The van der Waals surface area contributed by atoms with Gasteiger partial charge in [0.2, 0.25) is 0 Å². The number of hydrogen-bond donors (Lipinski definition) is 1. The van der Waals surface area contributed by atoms with Gasteiger partial charge in [0, 0.05) is 24.6 Å². The highest BCUT2D eigenvalue weighted by molar-refractivity contribution is 8.26. The van der Waals surface area contributed by atoms with E-state index in [0.29, 0.717) is 52.1 Å². The Hall–Kier alpha value is -2.30. The van der Waals surface area contributed by atoms with Crippen LogP contribution in [0.2, 0.25) is 5.02 Å². The van der Waals surface area contributed by atoms with Crippen molar-refractivity contribution in [3.63, 3.8) is 0 Å². The molecule has 0 bridgehead atoms. The molecule has 1 fully saturated rings. The number of carboxylic acid groups (broad SMARTS) is 1. The van der Waals surface area contributed by atoms with Gasteiger partial charge in [-0.2, -0.15) is 13.2 Å². The normalized spacial score (nSPS) is 15.8. The topological polar surface area (TPSA) is 70.8 Å². The summed E-state index contributed by atoms with van der Waals surface area (Å²) in [6.07, 6.45) is -1.10. The van der Waals surface area contributed by atoms with Gasteiger partial charge < -0.3 is 9.52 Å². The van der Waals surface area contributed by atoms with Gasteiger partial charge in [0.25, 0.3) is 5.91 Å². The molecule has 1 saturated heterocycles. The molecule has 2 aromatic rings. The second-order valence-electron chi connectivity index (χ2n) is 6.93. The molecular weight excluding hydrogens is 487 g/mol. The first-order valence-corrected chi connectivity index (χ1v) is 11.1. The van der Waals surface area contributed by atoms with Crippen molar-refractivity contribution >= 4 is 57.9 Å². The molecule has 11 heteroatoms. The van der Waals surface area contributed by atoms with Crippen LogP contribution in [0.4, 0.5) is 13.2 Å². The molecule has 0 unspecified atom stereocenters. The third-order valence-electron chi connectivity index (χ3n) is 4.61. The van der Waals surface area contributed by atoms with E-state index < -0.39 is 22.7 Å². The molecule has 5 nitrogen and oxygen atoms in total. The number of furan rings is 1. The number of halogens is 4. The standard InChI is InChI=1S/C21H17ClF3NO4S2/c22-15-10-12(5-7-14(15)21(23,24)25)16-8-6-13(30-16)11-17-19(29)26(20(31)32-17)9-3-1-2-4-18(27)28/h5-8,10-11H,1-4,9H2,(H,27,28)/b17-11-. The van der Waals surface area contributed by atoms with E-state index in [-0.39, 0.29) is 12.3 Å². The lowest BCUT2D eigenvalue weighted by atomic mass is 10.1. The third kappa shape index (κ3) is 5.93. The molecule has 3 rings (SSSR count). The van der Waals surface area contributed by atoms with Gasteiger partial charge in [-0.1, -0.05) is 48.1 Å². The highest BCUT2D eigenvalue weighted by Gasteiger charge is 2.33. The summed E-state index contributed by atoms with van der Waals surface area (Å²) in [7, 11) is 0. The van der Waals surface area contributed by atoms with Crippen LogP contribution in [-0.4, -0.2) is 32.7 Å². The van der Waals surface area contributed by atoms with Crippen molar-refractivity contribution in [1.29, 1.82) is 0 Å². The van der Waals surface area contributed by atoms with Crippen molar-refractivity contribution in [2.24, 2.45) is 0 Å². The summed E-state index contributed by atoms with van der Waals surface area (Å²) in [4.78, 5) is 25.0. The Balaban J connectivity index is 1.67. The van der Waals surface area contributed by atoms with Crippen molar-refractivity contribution in [1.82, 2.24) is 4.90 Å². The number of unbranched alkanes of at least 4 members (excludes halogenated alkanes) is 2. The van der Waals surface area contributed by atoms with Gasteiger partial charge in [0.15, 0.2) is 0 Å². The van der Waals surface area contributed by atoms with Gasteiger partial charge in [-0.05, 0) is 37.1 Å². The van der Waals surface area contributed by atoms with Gasteiger partial charge in [-0.3, -0.25) is 14.5 Å². The number of thiocarbonyl (C=S) groups is 1. The fourth-order valence-corrected chi connectivity index (χ4v) is 4.61. The van der Waals surface area contributed by atoms with Crippen molar-refractivity contribution < 1.29 is 32.3 Å². The number of amides is 1. The van der Waals surface area contributed by atoms with Crippen LogP contribution in [0.3, 0.4) is 0 Å². The van der Waals surface area contributed by atoms with Crippen LogP contribution in [0.1, 0.15) is 37.0 Å². The number of aliphatic carboxylic acids is 1. The number of carboxylic acids is 1. The van der Waals surface area contributed by atoms with Crippen LogP contribution in [-0.2, 0) is 15.8 Å². The quantitative estimate of drug-likeness (QED) is 0.253. The number of benzene rings is 1. The van der Waals surface area contributed by atoms with E-state index in [1.54, 1.807) is 12.1 Å². The lowest BCUT2D eigenvalue weighted by Crippen LogP contribution is -2.29. The smallest absolute Gasteiger partial charge is 0.417 e. The maximum Gasteiger partial charge on any atom is 0.417 e. The highest BCUT2D eigenvalue weighted by Crippen LogP contribution is 2.38. The Morgan fingerprint density at radius 2 is 1.97 bits per heavy atom. The predicted octanol–water partition coefficient (Wildman–Crippen LogP) is 6.47. The van der Waals surface area contributed by atoms with Gasteiger partial charge in [-0.25, -0.2) is 0 Å². The second-order valence-corrected chi connectivity index (χ2v) is 9.02. The van der Waals surface area contributed by atoms with E-state index in [1.165, 1.54) is 23.1 Å². The van der Waals surface area contributed by atoms with Crippen molar-refractivity contribution in [3.8, 4) is 11.3 Å². The number of hydrogen-bond acceptors (Lipinski definition) is 5. The van der Waals surface area contributed by atoms with Crippen LogP contribution >= 0.6 is 35.6 Å². The van der Waals surface area contributed by atoms with E-state index in [1.807, 2.05) is 0 Å². The SMILES string of the molecule is O=C(O)CCCCCN1C(=O)/C(=C/c2ccc(-c3ccc(C(F)(F)F)c(Cl)c3)o2)SC1=S. The maximum atomic E-state index is 12.9. The summed E-state index contributed by atoms with van der Waals surface area (Å²) < 4.78 is 44.7. The van der Waals surface area contributed by atoms with Crippen LogP contribution in [0.25, 0.3) is 17.4 Å². The number of alkyl halides is 3. The fraction of sp³-hybridized carbons (Fsp3) is 0.286. The number of carbonyl (C=O) groups is 2. The molecule has 0 saturated carbocycles. The monoisotopic (exact) mass is 503 g/mol. The van der Waals surface area contributed by atoms with Crippen molar-refractivity contribution in [3.05, 3.63) is 51.6 Å². The summed E-state index contributed by atoms with van der Waals surface area (Å²) in [6, 6.07) is 6.51. The maximum absolute atomic E-state index is 12.9. The molecule has 1 N–H and O–H groups in total. The van der Waals surface area contributed by atoms with Crippen LogP contribution in [0.5, 0.6) is 0 Å². The van der Waals surface area contributed by atoms with Crippen LogP contribution in [0.15, 0.2) is 39.7 Å². The third-order valence-corrected chi connectivity index (χ3v) is 6.30. The van der Waals surface area contributed by atoms with Gasteiger partial charge >= 0.3 is 12.1 Å². The van der Waals surface area contributed by atoms with Crippen LogP contribution in [0, 0.1) is 0 Å². The molecule has 0 spiro atoms. The Kier molecular flexibility index (Phi) is 7.68. The molecule has 2 heterocycles. The number of nitrogens with zero attached hydrogens (tertiary/aromatic N) is 1. The molecule has 1 amide bonds. The first kappa shape index (κ1) is 24.3. The predicted molar refractivity (Wildman–Crippen MR) is 120 cm³/mol. The Bertz CT molecular complexity index is 1080. The number of thioether (sulfide) groups is 1. The van der Waals surface area contributed by atoms with Crippen molar-refractivity contribution in [2.75, 3.05) is 6.54 Å². The van der Waals surface area contributed by atoms with E-state index in [9.17, 15) is 22.8 Å². The zero-order chi connectivity index (χ0) is 23.5. The average molecular weight is 504 g/mol. The van der Waals surface area contributed by atoms with Crippen molar-refractivity contribution in [2.45, 2.75) is 31.9 Å². The average Bonchev–Trinajstić information content (AvgIpc) is 3.26. The summed E-state index contributed by atoms with van der Waals surface area (Å²) in [5.74, 6) is -0.470. The molecular formula is C21H17ClF3NO4S2. The van der Waals surface area contributed by atoms with Gasteiger partial charge in [-0.15, -0.1) is 0 Å². The summed E-state index contributed by atoms with van der Waals surface area (Å²) in [5.41, 5.74) is -0.558. The molecule has 1 aliphatic rings. The summed E-state index contributed by atoms with van der Waals surface area (Å²) in [6.45, 7) is 0.398. The zero-order valence-electron chi connectivity index (χ0n) is 16.4. The molecule has 0 radical (unpaired) electrons. The lowest BCUT2D eigenvalue weighted by molar-refractivity contribution is -0.138. The van der Waals surface area contributed by atoms with E-state index >= 15 is 0 Å². The first-order valence-electron chi connectivity index (χ1n) is 9.50. The van der Waals surface area contributed by atoms with E-state index in [2.05, 4.69) is 0 Å².